The van der Waals surface area contributed by atoms with E-state index in [0.29, 0.717) is 22.3 Å². The van der Waals surface area contributed by atoms with Gasteiger partial charge in [-0.3, -0.25) is 9.59 Å². The van der Waals surface area contributed by atoms with Gasteiger partial charge in [0.2, 0.25) is 5.91 Å². The molecule has 1 aromatic heterocycles. The Morgan fingerprint density at radius 1 is 1.14 bits per heavy atom. The summed E-state index contributed by atoms with van der Waals surface area (Å²) in [4.78, 5) is 25.1. The third kappa shape index (κ3) is 4.32. The lowest BCUT2D eigenvalue weighted by atomic mass is 10.2. The fourth-order valence-corrected chi connectivity index (χ4v) is 3.27. The Balaban J connectivity index is 1.47. The largest absolute Gasteiger partial charge is 0.342 e. The highest BCUT2D eigenvalue weighted by Crippen LogP contribution is 2.39. The van der Waals surface area contributed by atoms with Crippen molar-refractivity contribution in [3.8, 4) is 5.69 Å². The quantitative estimate of drug-likeness (QED) is 0.645. The van der Waals surface area contributed by atoms with Gasteiger partial charge in [-0.15, -0.1) is 0 Å². The summed E-state index contributed by atoms with van der Waals surface area (Å²) in [6, 6.07) is 16.6. The molecular weight excluding hydrogens is 388 g/mol. The van der Waals surface area contributed by atoms with Crippen molar-refractivity contribution in [2.24, 2.45) is 0 Å². The van der Waals surface area contributed by atoms with Gasteiger partial charge in [-0.1, -0.05) is 35.9 Å². The van der Waals surface area contributed by atoms with Gasteiger partial charge in [0.25, 0.3) is 5.91 Å². The van der Waals surface area contributed by atoms with Crippen molar-refractivity contribution in [1.29, 1.82) is 0 Å². The second-order valence-electron chi connectivity index (χ2n) is 7.12. The molecule has 1 heterocycles. The van der Waals surface area contributed by atoms with Crippen molar-refractivity contribution in [3.63, 3.8) is 0 Å². The zero-order chi connectivity index (χ0) is 20.4. The van der Waals surface area contributed by atoms with E-state index in [1.165, 1.54) is 0 Å². The number of amides is 2. The van der Waals surface area contributed by atoms with Crippen LogP contribution in [-0.2, 0) is 4.79 Å². The van der Waals surface area contributed by atoms with Crippen molar-refractivity contribution in [1.82, 2.24) is 15.1 Å². The molecule has 3 aromatic rings. The number of rotatable bonds is 6. The molecule has 0 saturated heterocycles. The molecule has 7 heteroatoms. The van der Waals surface area contributed by atoms with Gasteiger partial charge in [0.1, 0.15) is 5.69 Å². The molecular formula is C22H21ClN4O2. The van der Waals surface area contributed by atoms with Crippen molar-refractivity contribution in [2.75, 3.05) is 11.9 Å². The first-order valence-electron chi connectivity index (χ1n) is 9.51. The van der Waals surface area contributed by atoms with E-state index in [1.54, 1.807) is 22.9 Å². The van der Waals surface area contributed by atoms with Crippen LogP contribution in [-0.4, -0.2) is 28.1 Å². The van der Waals surface area contributed by atoms with Gasteiger partial charge in [-0.2, -0.15) is 5.10 Å². The Hall–Kier alpha value is -3.12. The fraction of sp³-hybridized carbons (Fsp3) is 0.227. The summed E-state index contributed by atoms with van der Waals surface area (Å²) >= 11 is 6.08. The van der Waals surface area contributed by atoms with Gasteiger partial charge < -0.3 is 10.6 Å². The molecule has 2 N–H and O–H groups in total. The van der Waals surface area contributed by atoms with Gasteiger partial charge in [0, 0.05) is 16.6 Å². The highest BCUT2D eigenvalue weighted by molar-refractivity contribution is 6.31. The summed E-state index contributed by atoms with van der Waals surface area (Å²) < 4.78 is 1.64. The van der Waals surface area contributed by atoms with Gasteiger partial charge in [0.15, 0.2) is 0 Å². The van der Waals surface area contributed by atoms with Crippen LogP contribution in [0.2, 0.25) is 5.02 Å². The lowest BCUT2D eigenvalue weighted by Crippen LogP contribution is -2.34. The summed E-state index contributed by atoms with van der Waals surface area (Å²) in [6.45, 7) is 1.68. The Morgan fingerprint density at radius 3 is 2.62 bits per heavy atom. The molecule has 2 amide bonds. The highest BCUT2D eigenvalue weighted by atomic mass is 35.5. The van der Waals surface area contributed by atoms with Crippen LogP contribution in [0.25, 0.3) is 5.69 Å². The molecule has 6 nitrogen and oxygen atoms in total. The number of hydrogen-bond acceptors (Lipinski definition) is 3. The molecule has 0 unspecified atom stereocenters. The number of aromatic nitrogens is 2. The lowest BCUT2D eigenvalue weighted by molar-refractivity contribution is -0.115. The number of nitrogens with one attached hydrogen (secondary N) is 2. The van der Waals surface area contributed by atoms with Crippen LogP contribution in [0.3, 0.4) is 0 Å². The van der Waals surface area contributed by atoms with Crippen molar-refractivity contribution < 1.29 is 9.59 Å². The first kappa shape index (κ1) is 19.2. The molecule has 0 atom stereocenters. The van der Waals surface area contributed by atoms with Gasteiger partial charge in [-0.05, 0) is 55.7 Å². The van der Waals surface area contributed by atoms with Crippen molar-refractivity contribution in [3.05, 3.63) is 76.6 Å². The standard InChI is InChI=1S/C22H21ClN4O2/c1-14-17(23)8-5-9-18(14)25-21(28)13-24-22(29)20-12-19(15-10-11-15)26-27(20)16-6-3-2-4-7-16/h2-9,12,15H,10-11,13H2,1H3,(H,24,29)(H,25,28). The number of anilines is 1. The second-order valence-corrected chi connectivity index (χ2v) is 7.53. The Labute approximate surface area is 173 Å². The Morgan fingerprint density at radius 2 is 1.90 bits per heavy atom. The van der Waals surface area contributed by atoms with Crippen LogP contribution in [0, 0.1) is 6.92 Å². The summed E-state index contributed by atoms with van der Waals surface area (Å²) in [5.41, 5.74) is 3.55. The molecule has 4 rings (SSSR count). The SMILES string of the molecule is Cc1c(Cl)cccc1NC(=O)CNC(=O)c1cc(C2CC2)nn1-c1ccccc1. The molecule has 1 aliphatic carbocycles. The molecule has 1 fully saturated rings. The van der Waals surface area contributed by atoms with E-state index in [2.05, 4.69) is 15.7 Å². The van der Waals surface area contributed by atoms with Crippen molar-refractivity contribution in [2.45, 2.75) is 25.7 Å². The summed E-state index contributed by atoms with van der Waals surface area (Å²) in [6.07, 6.45) is 2.18. The smallest absolute Gasteiger partial charge is 0.270 e. The molecule has 0 aliphatic heterocycles. The van der Waals surface area contributed by atoms with Crippen LogP contribution < -0.4 is 10.6 Å². The average Bonchev–Trinajstić information content (AvgIpc) is 3.48. The van der Waals surface area contributed by atoms with Crippen molar-refractivity contribution >= 4 is 29.1 Å². The second kappa shape index (κ2) is 8.09. The zero-order valence-corrected chi connectivity index (χ0v) is 16.7. The summed E-state index contributed by atoms with van der Waals surface area (Å²) in [5, 5.41) is 10.7. The van der Waals surface area contributed by atoms with Gasteiger partial charge in [0.05, 0.1) is 17.9 Å². The van der Waals surface area contributed by atoms with Gasteiger partial charge in [-0.25, -0.2) is 4.68 Å². The minimum atomic E-state index is -0.341. The van der Waals surface area contributed by atoms with Crippen LogP contribution in [0.15, 0.2) is 54.6 Å². The number of halogens is 1. The zero-order valence-electron chi connectivity index (χ0n) is 16.0. The van der Waals surface area contributed by atoms with E-state index < -0.39 is 0 Å². The number of carbonyl (C=O) groups excluding carboxylic acids is 2. The topological polar surface area (TPSA) is 76.0 Å². The number of hydrogen-bond donors (Lipinski definition) is 2. The Kier molecular flexibility index (Phi) is 5.36. The number of nitrogens with zero attached hydrogens (tertiary/aromatic N) is 2. The Bertz CT molecular complexity index is 1060. The molecule has 0 radical (unpaired) electrons. The van der Waals surface area contributed by atoms with E-state index in [0.717, 1.165) is 29.8 Å². The van der Waals surface area contributed by atoms with Crippen LogP contribution in [0.5, 0.6) is 0 Å². The van der Waals surface area contributed by atoms with Gasteiger partial charge >= 0.3 is 0 Å². The third-order valence-corrected chi connectivity index (χ3v) is 5.32. The van der Waals surface area contributed by atoms with Crippen LogP contribution in [0.1, 0.15) is 40.5 Å². The van der Waals surface area contributed by atoms with E-state index in [-0.39, 0.29) is 18.4 Å². The van der Waals surface area contributed by atoms with Crippen LogP contribution >= 0.6 is 11.6 Å². The molecule has 29 heavy (non-hydrogen) atoms. The molecule has 1 saturated carbocycles. The minimum absolute atomic E-state index is 0.149. The number of benzene rings is 2. The van der Waals surface area contributed by atoms with E-state index in [1.807, 2.05) is 43.3 Å². The number of para-hydroxylation sites is 1. The lowest BCUT2D eigenvalue weighted by Gasteiger charge is -2.11. The first-order valence-corrected chi connectivity index (χ1v) is 9.89. The summed E-state index contributed by atoms with van der Waals surface area (Å²) in [5.74, 6) is -0.247. The predicted octanol–water partition coefficient (Wildman–Crippen LogP) is 4.08. The third-order valence-electron chi connectivity index (χ3n) is 4.91. The van der Waals surface area contributed by atoms with Crippen LogP contribution in [0.4, 0.5) is 5.69 Å². The van der Waals surface area contributed by atoms with E-state index in [4.69, 9.17) is 11.6 Å². The maximum Gasteiger partial charge on any atom is 0.270 e. The number of carbonyl (C=O) groups is 2. The van der Waals surface area contributed by atoms with E-state index >= 15 is 0 Å². The molecule has 0 spiro atoms. The highest BCUT2D eigenvalue weighted by Gasteiger charge is 2.29. The molecule has 0 bridgehead atoms. The molecule has 148 valence electrons. The predicted molar refractivity (Wildman–Crippen MR) is 113 cm³/mol. The molecule has 1 aliphatic rings. The normalized spacial score (nSPS) is 13.2. The maximum atomic E-state index is 12.8. The molecule has 2 aromatic carbocycles. The fourth-order valence-electron chi connectivity index (χ4n) is 3.09. The van der Waals surface area contributed by atoms with E-state index in [9.17, 15) is 9.59 Å². The summed E-state index contributed by atoms with van der Waals surface area (Å²) in [7, 11) is 0. The first-order chi connectivity index (χ1) is 14.0. The average molecular weight is 409 g/mol. The minimum Gasteiger partial charge on any atom is -0.342 e. The monoisotopic (exact) mass is 408 g/mol. The maximum absolute atomic E-state index is 12.8.